The van der Waals surface area contributed by atoms with Crippen molar-refractivity contribution < 1.29 is 14.3 Å². The van der Waals surface area contributed by atoms with Gasteiger partial charge in [-0.05, 0) is 31.7 Å². The van der Waals surface area contributed by atoms with Gasteiger partial charge in [-0.1, -0.05) is 43.2 Å². The normalized spacial score (nSPS) is 22.4. The van der Waals surface area contributed by atoms with Crippen LogP contribution in [0.1, 0.15) is 38.2 Å². The van der Waals surface area contributed by atoms with Crippen molar-refractivity contribution in [3.8, 4) is 0 Å². The highest BCUT2D eigenvalue weighted by atomic mass is 16.5. The summed E-state index contributed by atoms with van der Waals surface area (Å²) in [5.41, 5.74) is 1.27. The highest BCUT2D eigenvalue weighted by Gasteiger charge is 2.32. The smallest absolute Gasteiger partial charge is 0.311 e. The number of carbonyl (C=O) groups is 1. The molecule has 20 heavy (non-hydrogen) atoms. The van der Waals surface area contributed by atoms with Gasteiger partial charge in [-0.3, -0.25) is 4.79 Å². The summed E-state index contributed by atoms with van der Waals surface area (Å²) in [5, 5.41) is 0. The molecule has 0 saturated heterocycles. The first kappa shape index (κ1) is 15.0. The minimum absolute atomic E-state index is 0.0338. The predicted molar refractivity (Wildman–Crippen MR) is 78.5 cm³/mol. The van der Waals surface area contributed by atoms with Crippen molar-refractivity contribution in [2.45, 2.75) is 45.1 Å². The zero-order chi connectivity index (χ0) is 14.2. The van der Waals surface area contributed by atoms with E-state index in [1.807, 2.05) is 25.1 Å². The molecule has 2 atom stereocenters. The van der Waals surface area contributed by atoms with E-state index in [1.54, 1.807) is 0 Å². The Bertz CT molecular complexity index is 402. The van der Waals surface area contributed by atoms with Crippen molar-refractivity contribution in [3.05, 3.63) is 35.9 Å². The molecule has 2 rings (SSSR count). The fraction of sp³-hybridized carbons (Fsp3) is 0.588. The molecule has 0 N–H and O–H groups in total. The van der Waals surface area contributed by atoms with Gasteiger partial charge in [-0.25, -0.2) is 0 Å². The van der Waals surface area contributed by atoms with E-state index < -0.39 is 0 Å². The third-order valence-corrected chi connectivity index (χ3v) is 3.86. The molecule has 2 unspecified atom stereocenters. The summed E-state index contributed by atoms with van der Waals surface area (Å²) in [4.78, 5) is 11.9. The topological polar surface area (TPSA) is 35.5 Å². The number of hydrogen-bond donors (Lipinski definition) is 0. The molecule has 1 aromatic carbocycles. The Morgan fingerprint density at radius 1 is 1.20 bits per heavy atom. The Balaban J connectivity index is 1.81. The molecular weight excluding hydrogens is 252 g/mol. The van der Waals surface area contributed by atoms with Crippen LogP contribution in [-0.2, 0) is 20.7 Å². The lowest BCUT2D eigenvalue weighted by atomic mass is 9.86. The highest BCUT2D eigenvalue weighted by Crippen LogP contribution is 2.28. The number of hydrogen-bond acceptors (Lipinski definition) is 3. The number of ether oxygens (including phenoxy) is 2. The summed E-state index contributed by atoms with van der Waals surface area (Å²) in [6.07, 6.45) is 5.04. The number of carbonyl (C=O) groups excluding carboxylic acids is 1. The standard InChI is InChI=1S/C17H24O3/c1-2-19-17(18)15-10-6-7-11-16(15)20-13-12-14-8-4-3-5-9-14/h3-5,8-9,15-16H,2,6-7,10-13H2,1H3. The number of benzene rings is 1. The summed E-state index contributed by atoms with van der Waals surface area (Å²) in [6, 6.07) is 10.3. The first-order valence-electron chi connectivity index (χ1n) is 7.63. The van der Waals surface area contributed by atoms with Crippen molar-refractivity contribution in [1.29, 1.82) is 0 Å². The van der Waals surface area contributed by atoms with Crippen LogP contribution in [-0.4, -0.2) is 25.3 Å². The number of rotatable bonds is 6. The van der Waals surface area contributed by atoms with Gasteiger partial charge < -0.3 is 9.47 Å². The maximum Gasteiger partial charge on any atom is 0.311 e. The zero-order valence-corrected chi connectivity index (χ0v) is 12.2. The maximum atomic E-state index is 11.9. The Morgan fingerprint density at radius 3 is 2.70 bits per heavy atom. The highest BCUT2D eigenvalue weighted by molar-refractivity contribution is 5.73. The van der Waals surface area contributed by atoms with E-state index in [2.05, 4.69) is 12.1 Å². The quantitative estimate of drug-likeness (QED) is 0.747. The summed E-state index contributed by atoms with van der Waals surface area (Å²) < 4.78 is 11.1. The van der Waals surface area contributed by atoms with E-state index in [1.165, 1.54) is 5.56 Å². The van der Waals surface area contributed by atoms with E-state index in [0.29, 0.717) is 13.2 Å². The second-order valence-corrected chi connectivity index (χ2v) is 5.29. The first-order valence-corrected chi connectivity index (χ1v) is 7.63. The van der Waals surface area contributed by atoms with E-state index >= 15 is 0 Å². The fourth-order valence-electron chi connectivity index (χ4n) is 2.79. The molecule has 0 bridgehead atoms. The molecule has 0 aliphatic heterocycles. The average molecular weight is 276 g/mol. The molecule has 0 spiro atoms. The summed E-state index contributed by atoms with van der Waals surface area (Å²) >= 11 is 0. The van der Waals surface area contributed by atoms with Gasteiger partial charge in [0, 0.05) is 0 Å². The lowest BCUT2D eigenvalue weighted by Crippen LogP contribution is -2.35. The molecule has 1 aromatic rings. The molecular formula is C17H24O3. The molecule has 1 fully saturated rings. The Labute approximate surface area is 121 Å². The molecule has 3 heteroatoms. The van der Waals surface area contributed by atoms with Gasteiger partial charge in [0.2, 0.25) is 0 Å². The van der Waals surface area contributed by atoms with Crippen molar-refractivity contribution in [2.75, 3.05) is 13.2 Å². The SMILES string of the molecule is CCOC(=O)C1CCCCC1OCCc1ccccc1. The summed E-state index contributed by atoms with van der Waals surface area (Å²) in [5.74, 6) is -0.156. The molecule has 110 valence electrons. The van der Waals surface area contributed by atoms with Gasteiger partial charge in [-0.2, -0.15) is 0 Å². The van der Waals surface area contributed by atoms with Gasteiger partial charge in [0.15, 0.2) is 0 Å². The van der Waals surface area contributed by atoms with Gasteiger partial charge in [-0.15, -0.1) is 0 Å². The molecule has 3 nitrogen and oxygen atoms in total. The lowest BCUT2D eigenvalue weighted by Gasteiger charge is -2.29. The van der Waals surface area contributed by atoms with Crippen molar-refractivity contribution in [3.63, 3.8) is 0 Å². The molecule has 0 amide bonds. The van der Waals surface area contributed by atoms with E-state index in [9.17, 15) is 4.79 Å². The average Bonchev–Trinajstić information content (AvgIpc) is 2.49. The van der Waals surface area contributed by atoms with Crippen LogP contribution < -0.4 is 0 Å². The van der Waals surface area contributed by atoms with Crippen LogP contribution in [0.4, 0.5) is 0 Å². The third kappa shape index (κ3) is 4.34. The van der Waals surface area contributed by atoms with Crippen LogP contribution in [0.15, 0.2) is 30.3 Å². The zero-order valence-electron chi connectivity index (χ0n) is 12.2. The summed E-state index contributed by atoms with van der Waals surface area (Å²) in [6.45, 7) is 2.97. The van der Waals surface area contributed by atoms with Crippen molar-refractivity contribution in [1.82, 2.24) is 0 Å². The second kappa shape index (κ2) is 8.05. The molecule has 1 aliphatic carbocycles. The molecule has 0 heterocycles. The first-order chi connectivity index (χ1) is 9.81. The van der Waals surface area contributed by atoms with Crippen LogP contribution in [0.2, 0.25) is 0 Å². The van der Waals surface area contributed by atoms with Gasteiger partial charge in [0.25, 0.3) is 0 Å². The van der Waals surface area contributed by atoms with Gasteiger partial charge >= 0.3 is 5.97 Å². The Kier molecular flexibility index (Phi) is 6.06. The molecule has 0 aromatic heterocycles. The largest absolute Gasteiger partial charge is 0.466 e. The fourth-order valence-corrected chi connectivity index (χ4v) is 2.79. The minimum atomic E-state index is -0.0862. The molecule has 1 saturated carbocycles. The molecule has 1 aliphatic rings. The summed E-state index contributed by atoms with van der Waals surface area (Å²) in [7, 11) is 0. The Morgan fingerprint density at radius 2 is 1.95 bits per heavy atom. The lowest BCUT2D eigenvalue weighted by molar-refractivity contribution is -0.156. The van der Waals surface area contributed by atoms with Crippen LogP contribution >= 0.6 is 0 Å². The van der Waals surface area contributed by atoms with E-state index in [4.69, 9.17) is 9.47 Å². The second-order valence-electron chi connectivity index (χ2n) is 5.29. The van der Waals surface area contributed by atoms with Crippen LogP contribution in [0.3, 0.4) is 0 Å². The van der Waals surface area contributed by atoms with Crippen LogP contribution in [0, 0.1) is 5.92 Å². The number of esters is 1. The molecule has 0 radical (unpaired) electrons. The van der Waals surface area contributed by atoms with Crippen molar-refractivity contribution in [2.24, 2.45) is 5.92 Å². The predicted octanol–water partition coefficient (Wildman–Crippen LogP) is 3.37. The maximum absolute atomic E-state index is 11.9. The monoisotopic (exact) mass is 276 g/mol. The van der Waals surface area contributed by atoms with Crippen LogP contribution in [0.5, 0.6) is 0 Å². The van der Waals surface area contributed by atoms with Crippen LogP contribution in [0.25, 0.3) is 0 Å². The van der Waals surface area contributed by atoms with Crippen molar-refractivity contribution >= 4 is 5.97 Å². The van der Waals surface area contributed by atoms with Gasteiger partial charge in [0.1, 0.15) is 0 Å². The van der Waals surface area contributed by atoms with Gasteiger partial charge in [0.05, 0.1) is 25.2 Å². The Hall–Kier alpha value is -1.35. The van der Waals surface area contributed by atoms with E-state index in [0.717, 1.165) is 32.1 Å². The minimum Gasteiger partial charge on any atom is -0.466 e. The van der Waals surface area contributed by atoms with E-state index in [-0.39, 0.29) is 18.0 Å². The third-order valence-electron chi connectivity index (χ3n) is 3.86.